The average molecular weight is 608 g/mol. The van der Waals surface area contributed by atoms with E-state index < -0.39 is 17.4 Å². The predicted molar refractivity (Wildman–Crippen MR) is 164 cm³/mol. The van der Waals surface area contributed by atoms with Crippen LogP contribution in [-0.2, 0) is 24.7 Å². The SMILES string of the molecule is COC(=O)CCCCN1C(=O)[C@@](O)([C@@H](C)/C=C/CC(=O)N2CCC[C@H]2CO)c2cc(NC(=O)c3ccc(OC)cc3)ccc21. The normalized spacial score (nSPS) is 20.1. The van der Waals surface area contributed by atoms with Crippen LogP contribution in [-0.4, -0.2) is 78.8 Å². The molecule has 236 valence electrons. The molecular formula is C33H41N3O8. The molecule has 2 heterocycles. The first-order chi connectivity index (χ1) is 21.1. The lowest BCUT2D eigenvalue weighted by Gasteiger charge is -2.28. The molecule has 3 N–H and O–H groups in total. The summed E-state index contributed by atoms with van der Waals surface area (Å²) in [5.41, 5.74) is -0.297. The molecule has 2 aliphatic heterocycles. The van der Waals surface area contributed by atoms with Gasteiger partial charge in [0.05, 0.1) is 32.6 Å². The first-order valence-electron chi connectivity index (χ1n) is 14.9. The maximum absolute atomic E-state index is 13.9. The molecule has 1 saturated heterocycles. The highest BCUT2D eigenvalue weighted by Gasteiger charge is 2.52. The Balaban J connectivity index is 1.56. The summed E-state index contributed by atoms with van der Waals surface area (Å²) in [6.45, 7) is 2.50. The van der Waals surface area contributed by atoms with E-state index in [1.54, 1.807) is 73.6 Å². The van der Waals surface area contributed by atoms with Crippen molar-refractivity contribution in [3.63, 3.8) is 0 Å². The summed E-state index contributed by atoms with van der Waals surface area (Å²) < 4.78 is 9.86. The van der Waals surface area contributed by atoms with Crippen LogP contribution in [0.2, 0.25) is 0 Å². The fourth-order valence-electron chi connectivity index (χ4n) is 5.82. The molecule has 0 saturated carbocycles. The second-order valence-corrected chi connectivity index (χ2v) is 11.2. The number of anilines is 2. The smallest absolute Gasteiger partial charge is 0.305 e. The van der Waals surface area contributed by atoms with E-state index in [4.69, 9.17) is 9.47 Å². The third kappa shape index (κ3) is 6.95. The number of ether oxygens (including phenoxy) is 2. The van der Waals surface area contributed by atoms with E-state index in [-0.39, 0.29) is 49.8 Å². The number of hydrogen-bond donors (Lipinski definition) is 3. The van der Waals surface area contributed by atoms with Gasteiger partial charge in [0.1, 0.15) is 5.75 Å². The number of nitrogens with one attached hydrogen (secondary N) is 1. The number of unbranched alkanes of at least 4 members (excludes halogenated alkanes) is 1. The van der Waals surface area contributed by atoms with Crippen LogP contribution in [0.4, 0.5) is 11.4 Å². The van der Waals surface area contributed by atoms with Gasteiger partial charge in [-0.15, -0.1) is 0 Å². The minimum Gasteiger partial charge on any atom is -0.497 e. The van der Waals surface area contributed by atoms with E-state index in [1.165, 1.54) is 12.0 Å². The molecule has 0 aliphatic carbocycles. The van der Waals surface area contributed by atoms with Gasteiger partial charge in [0.2, 0.25) is 5.91 Å². The lowest BCUT2D eigenvalue weighted by atomic mass is 9.82. The number of aliphatic hydroxyl groups excluding tert-OH is 1. The van der Waals surface area contributed by atoms with Gasteiger partial charge >= 0.3 is 5.97 Å². The molecule has 2 aromatic rings. The molecule has 0 radical (unpaired) electrons. The van der Waals surface area contributed by atoms with E-state index >= 15 is 0 Å². The molecule has 0 unspecified atom stereocenters. The molecule has 0 bridgehead atoms. The number of methoxy groups -OCH3 is 2. The monoisotopic (exact) mass is 607 g/mol. The molecule has 2 aliphatic rings. The van der Waals surface area contributed by atoms with E-state index in [2.05, 4.69) is 5.32 Å². The molecule has 0 aromatic heterocycles. The lowest BCUT2D eigenvalue weighted by molar-refractivity contribution is -0.140. The molecule has 11 heteroatoms. The number of hydrogen-bond acceptors (Lipinski definition) is 8. The van der Waals surface area contributed by atoms with Crippen LogP contribution in [0.3, 0.4) is 0 Å². The van der Waals surface area contributed by atoms with Crippen molar-refractivity contribution in [2.75, 3.05) is 44.1 Å². The fourth-order valence-corrected chi connectivity index (χ4v) is 5.82. The Morgan fingerprint density at radius 2 is 1.89 bits per heavy atom. The molecular weight excluding hydrogens is 566 g/mol. The number of esters is 1. The Bertz CT molecular complexity index is 1390. The zero-order valence-corrected chi connectivity index (χ0v) is 25.5. The molecule has 4 rings (SSSR count). The summed E-state index contributed by atoms with van der Waals surface area (Å²) in [5, 5.41) is 24.5. The predicted octanol–water partition coefficient (Wildman–Crippen LogP) is 3.39. The van der Waals surface area contributed by atoms with Gasteiger partial charge in [0.15, 0.2) is 5.60 Å². The number of aliphatic hydroxyl groups is 2. The highest BCUT2D eigenvalue weighted by Crippen LogP contribution is 2.46. The van der Waals surface area contributed by atoms with E-state index in [1.807, 2.05) is 0 Å². The van der Waals surface area contributed by atoms with Crippen LogP contribution < -0.4 is 15.0 Å². The molecule has 1 fully saturated rings. The summed E-state index contributed by atoms with van der Waals surface area (Å²) in [6, 6.07) is 11.4. The second kappa shape index (κ2) is 14.5. The first kappa shape index (κ1) is 32.7. The molecule has 3 amide bonds. The van der Waals surface area contributed by atoms with Gasteiger partial charge in [-0.05, 0) is 68.1 Å². The average Bonchev–Trinajstić information content (AvgIpc) is 3.60. The van der Waals surface area contributed by atoms with Crippen molar-refractivity contribution in [3.8, 4) is 5.75 Å². The molecule has 11 nitrogen and oxygen atoms in total. The maximum atomic E-state index is 13.9. The van der Waals surface area contributed by atoms with Gasteiger partial charge in [-0.1, -0.05) is 19.1 Å². The number of amides is 3. The fraction of sp³-hybridized carbons (Fsp3) is 0.455. The van der Waals surface area contributed by atoms with Crippen molar-refractivity contribution in [2.24, 2.45) is 5.92 Å². The van der Waals surface area contributed by atoms with Gasteiger partial charge in [-0.3, -0.25) is 19.2 Å². The van der Waals surface area contributed by atoms with Gasteiger partial charge in [0.25, 0.3) is 11.8 Å². The number of fused-ring (bicyclic) bond motifs is 1. The number of benzene rings is 2. The Morgan fingerprint density at radius 3 is 2.57 bits per heavy atom. The summed E-state index contributed by atoms with van der Waals surface area (Å²) in [4.78, 5) is 54.3. The Morgan fingerprint density at radius 1 is 1.14 bits per heavy atom. The van der Waals surface area contributed by atoms with Crippen molar-refractivity contribution < 1.29 is 38.9 Å². The highest BCUT2D eigenvalue weighted by molar-refractivity contribution is 6.09. The van der Waals surface area contributed by atoms with Crippen LogP contribution in [0, 0.1) is 5.92 Å². The summed E-state index contributed by atoms with van der Waals surface area (Å²) in [7, 11) is 2.87. The Hall–Kier alpha value is -4.22. The van der Waals surface area contributed by atoms with Crippen molar-refractivity contribution >= 4 is 35.1 Å². The largest absolute Gasteiger partial charge is 0.497 e. The van der Waals surface area contributed by atoms with Gasteiger partial charge in [-0.25, -0.2) is 0 Å². The van der Waals surface area contributed by atoms with Gasteiger partial charge in [-0.2, -0.15) is 0 Å². The van der Waals surface area contributed by atoms with E-state index in [0.717, 1.165) is 12.8 Å². The van der Waals surface area contributed by atoms with Gasteiger partial charge < -0.3 is 34.8 Å². The summed E-state index contributed by atoms with van der Waals surface area (Å²) in [5.74, 6) is -1.44. The quantitative estimate of drug-likeness (QED) is 0.179. The molecule has 44 heavy (non-hydrogen) atoms. The molecule has 3 atom stereocenters. The highest BCUT2D eigenvalue weighted by atomic mass is 16.5. The summed E-state index contributed by atoms with van der Waals surface area (Å²) in [6.07, 6.45) is 6.22. The number of carbonyl (C=O) groups excluding carboxylic acids is 4. The van der Waals surface area contributed by atoms with E-state index in [0.29, 0.717) is 47.6 Å². The van der Waals surface area contributed by atoms with Crippen molar-refractivity contribution in [3.05, 3.63) is 65.7 Å². The Labute approximate surface area is 257 Å². The summed E-state index contributed by atoms with van der Waals surface area (Å²) >= 11 is 0. The van der Waals surface area contributed by atoms with Crippen LogP contribution in [0.1, 0.15) is 61.4 Å². The third-order valence-electron chi connectivity index (χ3n) is 8.40. The standard InChI is InChI=1S/C33H41N3O8/c1-22(8-6-10-29(38)35-19-7-9-25(35)21-37)33(42)27-20-24(34-31(40)23-12-15-26(43-2)16-13-23)14-17-28(27)36(32(33)41)18-5-4-11-30(39)44-3/h6,8,12-17,20,22,25,37,42H,4-5,7,9-11,18-19,21H2,1-3H3,(H,34,40)/b8-6+/t22-,25-,33+/m0/s1. The lowest BCUT2D eigenvalue weighted by Crippen LogP contribution is -2.44. The number of nitrogens with zero attached hydrogens (tertiary/aromatic N) is 2. The van der Waals surface area contributed by atoms with Crippen LogP contribution in [0.25, 0.3) is 0 Å². The number of likely N-dealkylation sites (tertiary alicyclic amines) is 1. The number of carbonyl (C=O) groups is 4. The minimum atomic E-state index is -1.96. The molecule has 2 aromatic carbocycles. The minimum absolute atomic E-state index is 0.0766. The maximum Gasteiger partial charge on any atom is 0.305 e. The topological polar surface area (TPSA) is 146 Å². The van der Waals surface area contributed by atoms with Crippen LogP contribution in [0.15, 0.2) is 54.6 Å². The Kier molecular flexibility index (Phi) is 10.8. The number of rotatable bonds is 13. The van der Waals surface area contributed by atoms with Crippen LogP contribution in [0.5, 0.6) is 5.75 Å². The zero-order valence-electron chi connectivity index (χ0n) is 25.5. The zero-order chi connectivity index (χ0) is 31.9. The van der Waals surface area contributed by atoms with Crippen molar-refractivity contribution in [1.29, 1.82) is 0 Å². The van der Waals surface area contributed by atoms with Crippen molar-refractivity contribution in [2.45, 2.75) is 57.1 Å². The molecule has 0 spiro atoms. The third-order valence-corrected chi connectivity index (χ3v) is 8.40. The van der Waals surface area contributed by atoms with E-state index in [9.17, 15) is 29.4 Å². The van der Waals surface area contributed by atoms with Crippen LogP contribution >= 0.6 is 0 Å². The van der Waals surface area contributed by atoms with Crippen molar-refractivity contribution in [1.82, 2.24) is 4.90 Å². The first-order valence-corrected chi connectivity index (χ1v) is 14.9. The van der Waals surface area contributed by atoms with Gasteiger partial charge in [0, 0.05) is 48.7 Å². The second-order valence-electron chi connectivity index (χ2n) is 11.2.